The summed E-state index contributed by atoms with van der Waals surface area (Å²) in [5.41, 5.74) is 1.49. The molecule has 1 N–H and O–H groups in total. The standard InChI is InChI=1S/C11H13ClOS/c1-8-6-9(12)2-3-10(8)11(13)4-5-14-7-11/h2-3,6,13H,4-5,7H2,1H3. The molecule has 0 saturated carbocycles. The van der Waals surface area contributed by atoms with Gasteiger partial charge in [0.2, 0.25) is 0 Å². The molecule has 76 valence electrons. The molecule has 1 aliphatic heterocycles. The van der Waals surface area contributed by atoms with Crippen LogP contribution in [0.15, 0.2) is 18.2 Å². The fourth-order valence-corrected chi connectivity index (χ4v) is 3.41. The van der Waals surface area contributed by atoms with Crippen LogP contribution in [0.2, 0.25) is 5.02 Å². The van der Waals surface area contributed by atoms with Crippen LogP contribution in [0.25, 0.3) is 0 Å². The summed E-state index contributed by atoms with van der Waals surface area (Å²) in [6.45, 7) is 2.00. The summed E-state index contributed by atoms with van der Waals surface area (Å²) >= 11 is 7.69. The maximum atomic E-state index is 10.4. The highest BCUT2D eigenvalue weighted by Gasteiger charge is 2.34. The highest BCUT2D eigenvalue weighted by Crippen LogP contribution is 2.38. The van der Waals surface area contributed by atoms with Crippen LogP contribution in [-0.4, -0.2) is 16.6 Å². The number of aliphatic hydroxyl groups is 1. The largest absolute Gasteiger partial charge is 0.384 e. The van der Waals surface area contributed by atoms with Gasteiger partial charge in [-0.3, -0.25) is 0 Å². The topological polar surface area (TPSA) is 20.2 Å². The monoisotopic (exact) mass is 228 g/mol. The summed E-state index contributed by atoms with van der Waals surface area (Å²) in [5.74, 6) is 1.84. The van der Waals surface area contributed by atoms with Crippen molar-refractivity contribution >= 4 is 23.4 Å². The second-order valence-electron chi connectivity index (χ2n) is 3.79. The smallest absolute Gasteiger partial charge is 0.0996 e. The van der Waals surface area contributed by atoms with Crippen molar-refractivity contribution in [3.63, 3.8) is 0 Å². The van der Waals surface area contributed by atoms with Gasteiger partial charge < -0.3 is 5.11 Å². The lowest BCUT2D eigenvalue weighted by molar-refractivity contribution is 0.0651. The molecule has 2 rings (SSSR count). The molecule has 14 heavy (non-hydrogen) atoms. The van der Waals surface area contributed by atoms with Crippen LogP contribution in [-0.2, 0) is 5.60 Å². The fraction of sp³-hybridized carbons (Fsp3) is 0.455. The summed E-state index contributed by atoms with van der Waals surface area (Å²) in [6.07, 6.45) is 0.847. The Hall–Kier alpha value is -0.180. The van der Waals surface area contributed by atoms with Gasteiger partial charge in [-0.1, -0.05) is 17.7 Å². The molecule has 1 saturated heterocycles. The third-order valence-electron chi connectivity index (χ3n) is 2.69. The van der Waals surface area contributed by atoms with Crippen molar-refractivity contribution in [2.24, 2.45) is 0 Å². The Kier molecular flexibility index (Phi) is 2.78. The molecular weight excluding hydrogens is 216 g/mol. The molecular formula is C11H13ClOS. The molecule has 1 heterocycles. The van der Waals surface area contributed by atoms with Gasteiger partial charge in [-0.05, 0) is 42.4 Å². The Bertz CT molecular complexity index is 345. The molecule has 0 aromatic heterocycles. The minimum atomic E-state index is -0.626. The van der Waals surface area contributed by atoms with Gasteiger partial charge in [0.15, 0.2) is 0 Å². The summed E-state index contributed by atoms with van der Waals surface area (Å²) in [7, 11) is 0. The number of hydrogen-bond acceptors (Lipinski definition) is 2. The summed E-state index contributed by atoms with van der Waals surface area (Å²) in [5, 5.41) is 11.1. The molecule has 0 aliphatic carbocycles. The van der Waals surface area contributed by atoms with E-state index in [2.05, 4.69) is 0 Å². The molecule has 1 unspecified atom stereocenters. The van der Waals surface area contributed by atoms with Crippen LogP contribution in [0.4, 0.5) is 0 Å². The Morgan fingerprint density at radius 3 is 2.86 bits per heavy atom. The van der Waals surface area contributed by atoms with Crippen molar-refractivity contribution < 1.29 is 5.11 Å². The minimum absolute atomic E-state index is 0.626. The van der Waals surface area contributed by atoms with Gasteiger partial charge in [0.25, 0.3) is 0 Å². The van der Waals surface area contributed by atoms with Crippen LogP contribution >= 0.6 is 23.4 Å². The molecule has 1 nitrogen and oxygen atoms in total. The average Bonchev–Trinajstić information content (AvgIpc) is 2.52. The first-order valence-corrected chi connectivity index (χ1v) is 6.22. The van der Waals surface area contributed by atoms with E-state index in [9.17, 15) is 5.11 Å². The van der Waals surface area contributed by atoms with E-state index >= 15 is 0 Å². The average molecular weight is 229 g/mol. The second kappa shape index (κ2) is 3.76. The highest BCUT2D eigenvalue weighted by molar-refractivity contribution is 7.99. The quantitative estimate of drug-likeness (QED) is 0.798. The van der Waals surface area contributed by atoms with Gasteiger partial charge in [0, 0.05) is 10.8 Å². The maximum Gasteiger partial charge on any atom is 0.0996 e. The van der Waals surface area contributed by atoms with E-state index in [-0.39, 0.29) is 0 Å². The molecule has 3 heteroatoms. The van der Waals surface area contributed by atoms with E-state index in [4.69, 9.17) is 11.6 Å². The van der Waals surface area contributed by atoms with E-state index in [1.807, 2.05) is 25.1 Å². The van der Waals surface area contributed by atoms with Crippen LogP contribution < -0.4 is 0 Å². The molecule has 0 radical (unpaired) electrons. The lowest BCUT2D eigenvalue weighted by Crippen LogP contribution is -2.25. The molecule has 0 amide bonds. The van der Waals surface area contributed by atoms with Gasteiger partial charge in [-0.2, -0.15) is 11.8 Å². The summed E-state index contributed by atoms with van der Waals surface area (Å²) in [4.78, 5) is 0. The first-order valence-electron chi connectivity index (χ1n) is 4.69. The zero-order valence-electron chi connectivity index (χ0n) is 8.09. The van der Waals surface area contributed by atoms with E-state index < -0.39 is 5.60 Å². The van der Waals surface area contributed by atoms with Crippen molar-refractivity contribution in [1.82, 2.24) is 0 Å². The Morgan fingerprint density at radius 1 is 1.50 bits per heavy atom. The van der Waals surface area contributed by atoms with E-state index in [1.165, 1.54) is 0 Å². The molecule has 1 aromatic rings. The zero-order chi connectivity index (χ0) is 10.2. The molecule has 0 spiro atoms. The number of benzene rings is 1. The second-order valence-corrected chi connectivity index (χ2v) is 5.34. The summed E-state index contributed by atoms with van der Waals surface area (Å²) < 4.78 is 0. The number of hydrogen-bond donors (Lipinski definition) is 1. The van der Waals surface area contributed by atoms with Crippen molar-refractivity contribution in [3.8, 4) is 0 Å². The molecule has 0 bridgehead atoms. The Morgan fingerprint density at radius 2 is 2.29 bits per heavy atom. The Labute approximate surface area is 93.5 Å². The number of halogens is 1. The van der Waals surface area contributed by atoms with Gasteiger partial charge in [0.1, 0.15) is 0 Å². The van der Waals surface area contributed by atoms with E-state index in [1.54, 1.807) is 11.8 Å². The Balaban J connectivity index is 2.40. The van der Waals surface area contributed by atoms with Crippen LogP contribution in [0.5, 0.6) is 0 Å². The number of rotatable bonds is 1. The first kappa shape index (κ1) is 10.3. The lowest BCUT2D eigenvalue weighted by atomic mass is 9.90. The number of aryl methyl sites for hydroxylation is 1. The van der Waals surface area contributed by atoms with Crippen LogP contribution in [0.3, 0.4) is 0 Å². The van der Waals surface area contributed by atoms with Crippen LogP contribution in [0, 0.1) is 6.92 Å². The molecule has 1 fully saturated rings. The van der Waals surface area contributed by atoms with Crippen molar-refractivity contribution in [2.75, 3.05) is 11.5 Å². The molecule has 1 aromatic carbocycles. The van der Waals surface area contributed by atoms with Gasteiger partial charge in [-0.25, -0.2) is 0 Å². The zero-order valence-corrected chi connectivity index (χ0v) is 9.66. The fourth-order valence-electron chi connectivity index (χ4n) is 1.92. The van der Waals surface area contributed by atoms with E-state index in [0.717, 1.165) is 34.1 Å². The van der Waals surface area contributed by atoms with Crippen LogP contribution in [0.1, 0.15) is 17.5 Å². The predicted octanol–water partition coefficient (Wildman–Crippen LogP) is 2.97. The minimum Gasteiger partial charge on any atom is -0.384 e. The first-order chi connectivity index (χ1) is 6.62. The number of thioether (sulfide) groups is 1. The van der Waals surface area contributed by atoms with Crippen molar-refractivity contribution in [2.45, 2.75) is 18.9 Å². The van der Waals surface area contributed by atoms with Crippen molar-refractivity contribution in [3.05, 3.63) is 34.3 Å². The van der Waals surface area contributed by atoms with Gasteiger partial charge in [0.05, 0.1) is 5.60 Å². The van der Waals surface area contributed by atoms with E-state index in [0.29, 0.717) is 0 Å². The maximum absolute atomic E-state index is 10.4. The molecule has 1 aliphatic rings. The predicted molar refractivity (Wildman–Crippen MR) is 62.0 cm³/mol. The molecule has 1 atom stereocenters. The third-order valence-corrected chi connectivity index (χ3v) is 4.10. The summed E-state index contributed by atoms with van der Waals surface area (Å²) in [6, 6.07) is 5.71. The van der Waals surface area contributed by atoms with Gasteiger partial charge >= 0.3 is 0 Å². The van der Waals surface area contributed by atoms with Gasteiger partial charge in [-0.15, -0.1) is 0 Å². The highest BCUT2D eigenvalue weighted by atomic mass is 35.5. The normalized spacial score (nSPS) is 26.8. The lowest BCUT2D eigenvalue weighted by Gasteiger charge is -2.23. The van der Waals surface area contributed by atoms with Crippen molar-refractivity contribution in [1.29, 1.82) is 0 Å². The SMILES string of the molecule is Cc1cc(Cl)ccc1C1(O)CCSC1. The third kappa shape index (κ3) is 1.79.